The van der Waals surface area contributed by atoms with Crippen LogP contribution in [0.1, 0.15) is 19.6 Å². The van der Waals surface area contributed by atoms with Crippen LogP contribution in [0.5, 0.6) is 0 Å². The molecule has 2 aromatic heterocycles. The summed E-state index contributed by atoms with van der Waals surface area (Å²) in [4.78, 5) is 12.1. The lowest BCUT2D eigenvalue weighted by molar-refractivity contribution is -0.0213. The molecule has 0 spiro atoms. The minimum atomic E-state index is -1.31. The van der Waals surface area contributed by atoms with Gasteiger partial charge in [-0.2, -0.15) is 0 Å². The largest absolute Gasteiger partial charge is 0.382 e. The zero-order valence-corrected chi connectivity index (χ0v) is 12.0. The van der Waals surface area contributed by atoms with Gasteiger partial charge in [-0.25, -0.2) is 19.3 Å². The van der Waals surface area contributed by atoms with Gasteiger partial charge in [0.15, 0.2) is 23.9 Å². The maximum atomic E-state index is 14.5. The van der Waals surface area contributed by atoms with Gasteiger partial charge in [-0.3, -0.25) is 4.57 Å². The minimum Gasteiger partial charge on any atom is -0.382 e. The fourth-order valence-corrected chi connectivity index (χ4v) is 2.79. The van der Waals surface area contributed by atoms with Crippen LogP contribution in [-0.2, 0) is 9.26 Å². The molecule has 3 heterocycles. The highest BCUT2D eigenvalue weighted by Crippen LogP contribution is 2.37. The van der Waals surface area contributed by atoms with Crippen molar-refractivity contribution in [3.05, 3.63) is 12.7 Å². The number of nitrogens with zero attached hydrogens (tertiary/aromatic N) is 4. The number of alkyl halides is 1. The molecule has 9 heteroatoms. The Kier molecular flexibility index (Phi) is 3.54. The van der Waals surface area contributed by atoms with Crippen LogP contribution in [0.15, 0.2) is 12.7 Å². The van der Waals surface area contributed by atoms with E-state index in [2.05, 4.69) is 24.4 Å². The monoisotopic (exact) mass is 299 g/mol. The standard InChI is InChI=1S/C11H15FN5O2P/c1-2-5-8(19-20)6(12)11(18-5)17-4-16-7-9(13)14-3-15-10(7)17/h3-6,8,11H,2,20H2,1H3,(H2,13,14,15)/t5-,6-,8?,11-/m1/s1. The Morgan fingerprint density at radius 2 is 2.30 bits per heavy atom. The van der Waals surface area contributed by atoms with Crippen LogP contribution in [0, 0.1) is 0 Å². The van der Waals surface area contributed by atoms with Crippen LogP contribution in [0.25, 0.3) is 11.2 Å². The van der Waals surface area contributed by atoms with E-state index in [0.717, 1.165) is 0 Å². The van der Waals surface area contributed by atoms with Crippen molar-refractivity contribution in [2.45, 2.75) is 38.0 Å². The zero-order valence-electron chi connectivity index (χ0n) is 10.8. The van der Waals surface area contributed by atoms with Gasteiger partial charge in [-0.15, -0.1) is 0 Å². The summed E-state index contributed by atoms with van der Waals surface area (Å²) in [6.07, 6.45) is 0.343. The molecular weight excluding hydrogens is 284 g/mol. The molecule has 0 aromatic carbocycles. The molecule has 0 amide bonds. The summed E-state index contributed by atoms with van der Waals surface area (Å²) < 4.78 is 26.9. The SMILES string of the molecule is CC[C@H]1O[C@@H](n2cnc3c(N)ncnc32)[C@H](F)C1OP. The first kappa shape index (κ1) is 13.6. The number of halogens is 1. The molecule has 0 aliphatic carbocycles. The molecule has 5 atom stereocenters. The average molecular weight is 299 g/mol. The second-order valence-electron chi connectivity index (χ2n) is 4.60. The smallest absolute Gasteiger partial charge is 0.174 e. The van der Waals surface area contributed by atoms with E-state index in [1.165, 1.54) is 17.2 Å². The number of rotatable bonds is 3. The Labute approximate surface area is 117 Å². The van der Waals surface area contributed by atoms with Crippen molar-refractivity contribution in [2.75, 3.05) is 5.73 Å². The summed E-state index contributed by atoms with van der Waals surface area (Å²) in [7, 11) is 2.10. The van der Waals surface area contributed by atoms with E-state index >= 15 is 0 Å². The summed E-state index contributed by atoms with van der Waals surface area (Å²) in [6, 6.07) is 0. The molecule has 108 valence electrons. The van der Waals surface area contributed by atoms with Crippen molar-refractivity contribution in [1.82, 2.24) is 19.5 Å². The molecule has 1 saturated heterocycles. The predicted octanol–water partition coefficient (Wildman–Crippen LogP) is 1.23. The number of hydrogen-bond donors (Lipinski definition) is 1. The molecule has 1 aliphatic rings. The van der Waals surface area contributed by atoms with Gasteiger partial charge >= 0.3 is 0 Å². The van der Waals surface area contributed by atoms with E-state index in [4.69, 9.17) is 15.0 Å². The molecule has 3 rings (SSSR count). The van der Waals surface area contributed by atoms with Crippen molar-refractivity contribution in [3.63, 3.8) is 0 Å². The fraction of sp³-hybridized carbons (Fsp3) is 0.545. The molecule has 0 radical (unpaired) electrons. The Balaban J connectivity index is 2.01. The molecule has 2 unspecified atom stereocenters. The van der Waals surface area contributed by atoms with Crippen LogP contribution >= 0.6 is 9.47 Å². The number of nitrogens with two attached hydrogens (primary N) is 1. The van der Waals surface area contributed by atoms with Crippen molar-refractivity contribution in [2.24, 2.45) is 0 Å². The quantitative estimate of drug-likeness (QED) is 0.858. The number of nitrogen functional groups attached to an aromatic ring is 1. The van der Waals surface area contributed by atoms with E-state index in [-0.39, 0.29) is 11.9 Å². The highest BCUT2D eigenvalue weighted by molar-refractivity contribution is 7.09. The van der Waals surface area contributed by atoms with Crippen molar-refractivity contribution in [3.8, 4) is 0 Å². The number of hydrogen-bond acceptors (Lipinski definition) is 6. The average Bonchev–Trinajstić information content (AvgIpc) is 3.00. The Morgan fingerprint density at radius 3 is 2.95 bits per heavy atom. The predicted molar refractivity (Wildman–Crippen MR) is 73.4 cm³/mol. The molecule has 20 heavy (non-hydrogen) atoms. The third kappa shape index (κ3) is 1.95. The summed E-state index contributed by atoms with van der Waals surface area (Å²) in [5.41, 5.74) is 6.61. The summed E-state index contributed by atoms with van der Waals surface area (Å²) in [6.45, 7) is 1.92. The molecule has 1 aliphatic heterocycles. The lowest BCUT2D eigenvalue weighted by atomic mass is 10.1. The summed E-state index contributed by atoms with van der Waals surface area (Å²) in [5.74, 6) is 0.257. The molecule has 2 N–H and O–H groups in total. The maximum Gasteiger partial charge on any atom is 0.174 e. The maximum absolute atomic E-state index is 14.5. The number of imidazole rings is 1. The highest BCUT2D eigenvalue weighted by atomic mass is 31.0. The first-order valence-corrected chi connectivity index (χ1v) is 6.72. The van der Waals surface area contributed by atoms with Gasteiger partial charge in [0.05, 0.1) is 12.4 Å². The molecule has 1 fully saturated rings. The van der Waals surface area contributed by atoms with Crippen LogP contribution in [-0.4, -0.2) is 37.9 Å². The van der Waals surface area contributed by atoms with Crippen molar-refractivity contribution < 1.29 is 13.7 Å². The summed E-state index contributed by atoms with van der Waals surface area (Å²) >= 11 is 0. The first-order valence-electron chi connectivity index (χ1n) is 6.25. The van der Waals surface area contributed by atoms with E-state index in [1.807, 2.05) is 6.92 Å². The van der Waals surface area contributed by atoms with E-state index in [1.54, 1.807) is 0 Å². The van der Waals surface area contributed by atoms with Gasteiger partial charge in [0.2, 0.25) is 0 Å². The van der Waals surface area contributed by atoms with E-state index in [9.17, 15) is 4.39 Å². The van der Waals surface area contributed by atoms with Gasteiger partial charge in [0.1, 0.15) is 17.9 Å². The third-order valence-corrected chi connectivity index (χ3v) is 3.80. The lowest BCUT2D eigenvalue weighted by Gasteiger charge is -2.15. The third-order valence-electron chi connectivity index (χ3n) is 3.49. The minimum absolute atomic E-state index is 0.257. The second kappa shape index (κ2) is 5.20. The van der Waals surface area contributed by atoms with Gasteiger partial charge in [-0.05, 0) is 6.42 Å². The lowest BCUT2D eigenvalue weighted by Crippen LogP contribution is -2.28. The fourth-order valence-electron chi connectivity index (χ4n) is 2.47. The van der Waals surface area contributed by atoms with Gasteiger partial charge in [0, 0.05) is 9.47 Å². The van der Waals surface area contributed by atoms with Gasteiger partial charge in [0.25, 0.3) is 0 Å². The van der Waals surface area contributed by atoms with Crippen LogP contribution in [0.3, 0.4) is 0 Å². The number of fused-ring (bicyclic) bond motifs is 1. The number of anilines is 1. The van der Waals surface area contributed by atoms with Crippen LogP contribution < -0.4 is 5.73 Å². The number of ether oxygens (including phenoxy) is 1. The van der Waals surface area contributed by atoms with Gasteiger partial charge < -0.3 is 15.0 Å². The molecule has 7 nitrogen and oxygen atoms in total. The summed E-state index contributed by atoms with van der Waals surface area (Å²) in [5, 5.41) is 0. The molecule has 2 aromatic rings. The second-order valence-corrected chi connectivity index (χ2v) is 4.87. The topological polar surface area (TPSA) is 88.1 Å². The van der Waals surface area contributed by atoms with Crippen molar-refractivity contribution >= 4 is 26.4 Å². The van der Waals surface area contributed by atoms with Crippen LogP contribution in [0.4, 0.5) is 10.2 Å². The molecule has 0 saturated carbocycles. The molecular formula is C11H15FN5O2P. The Bertz CT molecular complexity index is 624. The van der Waals surface area contributed by atoms with E-state index < -0.39 is 18.5 Å². The number of aromatic nitrogens is 4. The first-order chi connectivity index (χ1) is 9.67. The Hall–Kier alpha value is -1.37. The van der Waals surface area contributed by atoms with E-state index in [0.29, 0.717) is 17.6 Å². The normalized spacial score (nSPS) is 30.1. The van der Waals surface area contributed by atoms with Crippen LogP contribution in [0.2, 0.25) is 0 Å². The van der Waals surface area contributed by atoms with Gasteiger partial charge in [-0.1, -0.05) is 6.92 Å². The zero-order chi connectivity index (χ0) is 14.3. The molecule has 0 bridgehead atoms. The van der Waals surface area contributed by atoms with Crippen molar-refractivity contribution in [1.29, 1.82) is 0 Å². The highest BCUT2D eigenvalue weighted by Gasteiger charge is 2.46. The Morgan fingerprint density at radius 1 is 1.50 bits per heavy atom.